The van der Waals surface area contributed by atoms with Crippen LogP contribution in [-0.4, -0.2) is 55.8 Å². The fraction of sp³-hybridized carbons (Fsp3) is 0.533. The van der Waals surface area contributed by atoms with Crippen LogP contribution in [0, 0.1) is 5.92 Å². The van der Waals surface area contributed by atoms with Gasteiger partial charge in [-0.05, 0) is 44.1 Å². The first-order chi connectivity index (χ1) is 10.9. The molecule has 0 saturated carbocycles. The molecule has 1 aromatic carbocycles. The molecule has 0 atom stereocenters. The van der Waals surface area contributed by atoms with Gasteiger partial charge >= 0.3 is 0 Å². The van der Waals surface area contributed by atoms with Crippen LogP contribution in [0.4, 0.5) is 0 Å². The van der Waals surface area contributed by atoms with Crippen molar-refractivity contribution in [2.45, 2.75) is 23.8 Å². The summed E-state index contributed by atoms with van der Waals surface area (Å²) in [5.41, 5.74) is 5.34. The molecule has 0 spiro atoms. The number of benzene rings is 1. The summed E-state index contributed by atoms with van der Waals surface area (Å²) in [7, 11) is -3.47. The molecule has 0 bridgehead atoms. The third-order valence-corrected chi connectivity index (χ3v) is 6.77. The summed E-state index contributed by atoms with van der Waals surface area (Å²) in [5, 5.41) is 0.414. The summed E-state index contributed by atoms with van der Waals surface area (Å²) in [5.74, 6) is -0.277. The van der Waals surface area contributed by atoms with Gasteiger partial charge in [0.25, 0.3) is 0 Å². The van der Waals surface area contributed by atoms with E-state index in [1.54, 1.807) is 18.2 Å². The van der Waals surface area contributed by atoms with E-state index in [1.165, 1.54) is 10.4 Å². The second-order valence-corrected chi connectivity index (χ2v) is 8.52. The van der Waals surface area contributed by atoms with Gasteiger partial charge in [-0.25, -0.2) is 8.42 Å². The summed E-state index contributed by atoms with van der Waals surface area (Å²) < 4.78 is 26.5. The Balaban J connectivity index is 1.58. The Hall–Kier alpha value is -1.15. The number of amides is 1. The second kappa shape index (κ2) is 6.39. The second-order valence-electron chi connectivity index (χ2n) is 6.15. The Morgan fingerprint density at radius 2 is 1.87 bits per heavy atom. The molecule has 2 aliphatic rings. The third-order valence-electron chi connectivity index (χ3n) is 4.71. The van der Waals surface area contributed by atoms with Gasteiger partial charge in [0.2, 0.25) is 15.9 Å². The number of carbonyl (C=O) groups excluding carboxylic acids is 1. The Morgan fingerprint density at radius 3 is 2.43 bits per heavy atom. The summed E-state index contributed by atoms with van der Waals surface area (Å²) in [6.45, 7) is 2.55. The molecule has 2 fully saturated rings. The van der Waals surface area contributed by atoms with Gasteiger partial charge in [0.15, 0.2) is 0 Å². The van der Waals surface area contributed by atoms with Crippen LogP contribution in [0.1, 0.15) is 12.8 Å². The van der Waals surface area contributed by atoms with Crippen LogP contribution < -0.4 is 5.73 Å². The topological polar surface area (TPSA) is 83.7 Å². The van der Waals surface area contributed by atoms with E-state index in [0.717, 1.165) is 25.9 Å². The van der Waals surface area contributed by atoms with Crippen LogP contribution in [0.5, 0.6) is 0 Å². The largest absolute Gasteiger partial charge is 0.369 e. The van der Waals surface area contributed by atoms with Gasteiger partial charge in [0, 0.05) is 30.1 Å². The van der Waals surface area contributed by atoms with Gasteiger partial charge < -0.3 is 5.73 Å². The highest BCUT2D eigenvalue weighted by Gasteiger charge is 2.40. The number of hydrogen-bond acceptors (Lipinski definition) is 4. The molecule has 0 unspecified atom stereocenters. The van der Waals surface area contributed by atoms with Gasteiger partial charge in [0.05, 0.1) is 4.90 Å². The maximum Gasteiger partial charge on any atom is 0.243 e. The Bertz CT molecular complexity index is 696. The van der Waals surface area contributed by atoms with Crippen molar-refractivity contribution in [3.05, 3.63) is 29.3 Å². The lowest BCUT2D eigenvalue weighted by Crippen LogP contribution is -2.62. The fourth-order valence-electron chi connectivity index (χ4n) is 3.17. The van der Waals surface area contributed by atoms with Crippen LogP contribution in [0.3, 0.4) is 0 Å². The standard InChI is InChI=1S/C15H20ClN3O3S/c16-12-2-1-3-14(8-12)23(21,22)19-9-13(10-19)18-6-4-11(5-7-18)15(17)20/h1-3,8,11,13H,4-7,9-10H2,(H2,17,20). The smallest absolute Gasteiger partial charge is 0.243 e. The molecule has 0 radical (unpaired) electrons. The molecule has 2 N–H and O–H groups in total. The van der Waals surface area contributed by atoms with Crippen LogP contribution in [0.15, 0.2) is 29.2 Å². The molecule has 1 amide bonds. The first kappa shape index (κ1) is 16.7. The quantitative estimate of drug-likeness (QED) is 0.868. The summed E-state index contributed by atoms with van der Waals surface area (Å²) in [4.78, 5) is 13.7. The minimum Gasteiger partial charge on any atom is -0.369 e. The third kappa shape index (κ3) is 3.38. The lowest BCUT2D eigenvalue weighted by Gasteiger charge is -2.46. The van der Waals surface area contributed by atoms with Crippen LogP contribution in [0.25, 0.3) is 0 Å². The van der Waals surface area contributed by atoms with E-state index in [1.807, 2.05) is 0 Å². The highest BCUT2D eigenvalue weighted by atomic mass is 35.5. The lowest BCUT2D eigenvalue weighted by atomic mass is 9.94. The first-order valence-corrected chi connectivity index (χ1v) is 9.49. The summed E-state index contributed by atoms with van der Waals surface area (Å²) in [6.07, 6.45) is 1.51. The normalized spacial score (nSPS) is 22.0. The maximum absolute atomic E-state index is 12.5. The predicted molar refractivity (Wildman–Crippen MR) is 87.5 cm³/mol. The van der Waals surface area contributed by atoms with E-state index in [4.69, 9.17) is 17.3 Å². The predicted octanol–water partition coefficient (Wildman–Crippen LogP) is 0.910. The Labute approximate surface area is 141 Å². The van der Waals surface area contributed by atoms with Crippen molar-refractivity contribution in [1.29, 1.82) is 0 Å². The number of nitrogens with zero attached hydrogens (tertiary/aromatic N) is 2. The number of rotatable bonds is 4. The first-order valence-electron chi connectivity index (χ1n) is 7.67. The highest BCUT2D eigenvalue weighted by molar-refractivity contribution is 7.89. The van der Waals surface area contributed by atoms with Crippen molar-refractivity contribution in [3.8, 4) is 0 Å². The van der Waals surface area contributed by atoms with E-state index >= 15 is 0 Å². The molecule has 6 nitrogen and oxygen atoms in total. The minimum absolute atomic E-state index is 0.0439. The fourth-order valence-corrected chi connectivity index (χ4v) is 4.99. The van der Waals surface area contributed by atoms with E-state index in [2.05, 4.69) is 4.90 Å². The number of hydrogen-bond donors (Lipinski definition) is 1. The van der Waals surface area contributed by atoms with Crippen LogP contribution in [-0.2, 0) is 14.8 Å². The number of halogens is 1. The average Bonchev–Trinajstić information content (AvgIpc) is 2.46. The van der Waals surface area contributed by atoms with Crippen LogP contribution in [0.2, 0.25) is 5.02 Å². The van der Waals surface area contributed by atoms with Gasteiger partial charge in [-0.15, -0.1) is 0 Å². The molecule has 3 rings (SSSR count). The van der Waals surface area contributed by atoms with E-state index < -0.39 is 10.0 Å². The van der Waals surface area contributed by atoms with Crippen LogP contribution >= 0.6 is 11.6 Å². The van der Waals surface area contributed by atoms with E-state index in [0.29, 0.717) is 18.1 Å². The molecule has 23 heavy (non-hydrogen) atoms. The van der Waals surface area contributed by atoms with E-state index in [-0.39, 0.29) is 22.8 Å². The van der Waals surface area contributed by atoms with E-state index in [9.17, 15) is 13.2 Å². The van der Waals surface area contributed by atoms with Gasteiger partial charge in [-0.2, -0.15) is 4.31 Å². The van der Waals surface area contributed by atoms with Crippen molar-refractivity contribution < 1.29 is 13.2 Å². The molecular formula is C15H20ClN3O3S. The molecule has 126 valence electrons. The zero-order valence-electron chi connectivity index (χ0n) is 12.7. The van der Waals surface area contributed by atoms with Gasteiger partial charge in [-0.3, -0.25) is 9.69 Å². The number of sulfonamides is 1. The number of carbonyl (C=O) groups is 1. The van der Waals surface area contributed by atoms with Crippen molar-refractivity contribution in [2.75, 3.05) is 26.2 Å². The number of nitrogens with two attached hydrogens (primary N) is 1. The van der Waals surface area contributed by atoms with Crippen molar-refractivity contribution >= 4 is 27.5 Å². The highest BCUT2D eigenvalue weighted by Crippen LogP contribution is 2.28. The summed E-state index contributed by atoms with van der Waals surface area (Å²) in [6, 6.07) is 6.55. The SMILES string of the molecule is NC(=O)C1CCN(C2CN(S(=O)(=O)c3cccc(Cl)c3)C2)CC1. The van der Waals surface area contributed by atoms with Gasteiger partial charge in [-0.1, -0.05) is 17.7 Å². The number of primary amides is 1. The van der Waals surface area contributed by atoms with Crippen molar-refractivity contribution in [2.24, 2.45) is 11.7 Å². The molecule has 8 heteroatoms. The summed E-state index contributed by atoms with van der Waals surface area (Å²) >= 11 is 5.88. The molecule has 2 aliphatic heterocycles. The number of piperidine rings is 1. The molecule has 2 heterocycles. The van der Waals surface area contributed by atoms with Gasteiger partial charge in [0.1, 0.15) is 0 Å². The lowest BCUT2D eigenvalue weighted by molar-refractivity contribution is -0.123. The molecule has 0 aliphatic carbocycles. The zero-order valence-corrected chi connectivity index (χ0v) is 14.3. The Morgan fingerprint density at radius 1 is 1.22 bits per heavy atom. The number of likely N-dealkylation sites (tertiary alicyclic amines) is 1. The maximum atomic E-state index is 12.5. The molecular weight excluding hydrogens is 338 g/mol. The molecule has 1 aromatic rings. The van der Waals surface area contributed by atoms with Crippen molar-refractivity contribution in [3.63, 3.8) is 0 Å². The average molecular weight is 358 g/mol. The van der Waals surface area contributed by atoms with Crippen molar-refractivity contribution in [1.82, 2.24) is 9.21 Å². The molecule has 2 saturated heterocycles. The molecule has 0 aromatic heterocycles. The Kier molecular flexibility index (Phi) is 4.64. The zero-order chi connectivity index (χ0) is 16.6. The minimum atomic E-state index is -3.47. The monoisotopic (exact) mass is 357 g/mol.